The zero-order valence-corrected chi connectivity index (χ0v) is 8.50. The number of hydrogen-bond acceptors (Lipinski definition) is 2. The lowest BCUT2D eigenvalue weighted by molar-refractivity contribution is -0.154. The summed E-state index contributed by atoms with van der Waals surface area (Å²) < 4.78 is 5.75. The van der Waals surface area contributed by atoms with Crippen molar-refractivity contribution < 1.29 is 14.6 Å². The highest BCUT2D eigenvalue weighted by molar-refractivity contribution is 5.68. The SMILES string of the molecule is O=C(O)CC1(OCCC2CC2)CCC1. The molecule has 0 aromatic rings. The van der Waals surface area contributed by atoms with E-state index in [0.717, 1.165) is 38.2 Å². The van der Waals surface area contributed by atoms with Crippen LogP contribution in [0.2, 0.25) is 0 Å². The largest absolute Gasteiger partial charge is 0.481 e. The number of aliphatic carboxylic acids is 1. The maximum absolute atomic E-state index is 10.6. The van der Waals surface area contributed by atoms with Gasteiger partial charge in [-0.1, -0.05) is 12.8 Å². The van der Waals surface area contributed by atoms with Crippen molar-refractivity contribution in [1.29, 1.82) is 0 Å². The highest BCUT2D eigenvalue weighted by Gasteiger charge is 2.40. The van der Waals surface area contributed by atoms with Gasteiger partial charge in [-0.25, -0.2) is 0 Å². The van der Waals surface area contributed by atoms with Crippen LogP contribution in [0.3, 0.4) is 0 Å². The van der Waals surface area contributed by atoms with Crippen LogP contribution in [0.15, 0.2) is 0 Å². The van der Waals surface area contributed by atoms with E-state index in [0.29, 0.717) is 0 Å². The molecule has 3 heteroatoms. The quantitative estimate of drug-likeness (QED) is 0.711. The van der Waals surface area contributed by atoms with Crippen LogP contribution in [-0.2, 0) is 9.53 Å². The van der Waals surface area contributed by atoms with E-state index in [2.05, 4.69) is 0 Å². The van der Waals surface area contributed by atoms with Crippen LogP contribution in [-0.4, -0.2) is 23.3 Å². The molecule has 2 fully saturated rings. The van der Waals surface area contributed by atoms with Gasteiger partial charge in [0.25, 0.3) is 0 Å². The molecule has 0 aromatic heterocycles. The number of rotatable bonds is 6. The van der Waals surface area contributed by atoms with Crippen LogP contribution in [0.25, 0.3) is 0 Å². The Morgan fingerprint density at radius 3 is 2.57 bits per heavy atom. The van der Waals surface area contributed by atoms with E-state index < -0.39 is 5.97 Å². The Bertz CT molecular complexity index is 217. The summed E-state index contributed by atoms with van der Waals surface area (Å²) >= 11 is 0. The molecule has 1 N–H and O–H groups in total. The molecule has 0 radical (unpaired) electrons. The summed E-state index contributed by atoms with van der Waals surface area (Å²) in [7, 11) is 0. The number of carboxylic acid groups (broad SMARTS) is 1. The van der Waals surface area contributed by atoms with E-state index >= 15 is 0 Å². The summed E-state index contributed by atoms with van der Waals surface area (Å²) in [6.07, 6.45) is 6.99. The molecule has 3 nitrogen and oxygen atoms in total. The Morgan fingerprint density at radius 2 is 2.14 bits per heavy atom. The van der Waals surface area contributed by atoms with E-state index in [1.165, 1.54) is 12.8 Å². The number of carboxylic acids is 1. The smallest absolute Gasteiger partial charge is 0.306 e. The van der Waals surface area contributed by atoms with Gasteiger partial charge < -0.3 is 9.84 Å². The Kier molecular flexibility index (Phi) is 2.77. The highest BCUT2D eigenvalue weighted by Crippen LogP contribution is 2.40. The van der Waals surface area contributed by atoms with Gasteiger partial charge in [0.05, 0.1) is 12.0 Å². The third kappa shape index (κ3) is 2.47. The topological polar surface area (TPSA) is 46.5 Å². The van der Waals surface area contributed by atoms with Crippen LogP contribution in [0.5, 0.6) is 0 Å². The molecule has 0 saturated heterocycles. The van der Waals surface area contributed by atoms with Gasteiger partial charge in [0, 0.05) is 6.61 Å². The fraction of sp³-hybridized carbons (Fsp3) is 0.909. The molecule has 0 aliphatic heterocycles. The molecule has 2 aliphatic carbocycles. The minimum atomic E-state index is -0.726. The van der Waals surface area contributed by atoms with Gasteiger partial charge in [-0.3, -0.25) is 4.79 Å². The van der Waals surface area contributed by atoms with Crippen molar-refractivity contribution in [2.24, 2.45) is 5.92 Å². The first-order valence-electron chi connectivity index (χ1n) is 5.56. The average molecular weight is 198 g/mol. The van der Waals surface area contributed by atoms with Gasteiger partial charge in [-0.15, -0.1) is 0 Å². The predicted molar refractivity (Wildman–Crippen MR) is 52.1 cm³/mol. The normalized spacial score (nSPS) is 24.3. The highest BCUT2D eigenvalue weighted by atomic mass is 16.5. The maximum Gasteiger partial charge on any atom is 0.306 e. The molecule has 0 bridgehead atoms. The number of hydrogen-bond donors (Lipinski definition) is 1. The predicted octanol–water partition coefficient (Wildman–Crippen LogP) is 2.20. The molecule has 0 atom stereocenters. The molecular weight excluding hydrogens is 180 g/mol. The van der Waals surface area contributed by atoms with Gasteiger partial charge in [0.2, 0.25) is 0 Å². The first kappa shape index (κ1) is 9.97. The van der Waals surface area contributed by atoms with Crippen molar-refractivity contribution in [2.45, 2.75) is 50.5 Å². The minimum Gasteiger partial charge on any atom is -0.481 e. The molecule has 14 heavy (non-hydrogen) atoms. The summed E-state index contributed by atoms with van der Waals surface area (Å²) in [5.74, 6) is 0.146. The van der Waals surface area contributed by atoms with Gasteiger partial charge in [-0.2, -0.15) is 0 Å². The second-order valence-electron chi connectivity index (χ2n) is 4.69. The second kappa shape index (κ2) is 3.89. The lowest BCUT2D eigenvalue weighted by atomic mass is 9.77. The molecular formula is C11H18O3. The van der Waals surface area contributed by atoms with Gasteiger partial charge in [0.1, 0.15) is 0 Å². The summed E-state index contributed by atoms with van der Waals surface area (Å²) in [6.45, 7) is 0.762. The van der Waals surface area contributed by atoms with Crippen molar-refractivity contribution in [3.63, 3.8) is 0 Å². The molecule has 0 amide bonds. The third-order valence-corrected chi connectivity index (χ3v) is 3.37. The van der Waals surface area contributed by atoms with Crippen LogP contribution in [0.1, 0.15) is 44.9 Å². The van der Waals surface area contributed by atoms with Crippen LogP contribution in [0.4, 0.5) is 0 Å². The van der Waals surface area contributed by atoms with E-state index in [9.17, 15) is 4.79 Å². The molecule has 0 aromatic carbocycles. The van der Waals surface area contributed by atoms with Crippen molar-refractivity contribution in [3.05, 3.63) is 0 Å². The average Bonchev–Trinajstić information content (AvgIpc) is 2.82. The summed E-state index contributed by atoms with van der Waals surface area (Å²) in [5.41, 5.74) is -0.291. The van der Waals surface area contributed by atoms with Gasteiger partial charge in [0.15, 0.2) is 0 Å². The Labute approximate surface area is 84.4 Å². The fourth-order valence-corrected chi connectivity index (χ4v) is 2.07. The van der Waals surface area contributed by atoms with Crippen molar-refractivity contribution in [3.8, 4) is 0 Å². The molecule has 2 saturated carbocycles. The lowest BCUT2D eigenvalue weighted by Crippen LogP contribution is -2.42. The standard InChI is InChI=1S/C11H18O3/c12-10(13)8-11(5-1-6-11)14-7-4-9-2-3-9/h9H,1-8H2,(H,12,13). The zero-order valence-electron chi connectivity index (χ0n) is 8.50. The number of ether oxygens (including phenoxy) is 1. The summed E-state index contributed by atoms with van der Waals surface area (Å²) in [4.78, 5) is 10.6. The molecule has 0 unspecified atom stereocenters. The zero-order chi connectivity index (χ0) is 10.0. The summed E-state index contributed by atoms with van der Waals surface area (Å²) in [6, 6.07) is 0. The molecule has 80 valence electrons. The van der Waals surface area contributed by atoms with E-state index in [-0.39, 0.29) is 12.0 Å². The first-order chi connectivity index (χ1) is 6.70. The van der Waals surface area contributed by atoms with Crippen molar-refractivity contribution >= 4 is 5.97 Å². The van der Waals surface area contributed by atoms with E-state index in [1.54, 1.807) is 0 Å². The maximum atomic E-state index is 10.6. The Morgan fingerprint density at radius 1 is 1.43 bits per heavy atom. The summed E-state index contributed by atoms with van der Waals surface area (Å²) in [5, 5.41) is 8.75. The van der Waals surface area contributed by atoms with E-state index in [4.69, 9.17) is 9.84 Å². The van der Waals surface area contributed by atoms with Crippen LogP contribution < -0.4 is 0 Å². The minimum absolute atomic E-state index is 0.192. The third-order valence-electron chi connectivity index (χ3n) is 3.37. The fourth-order valence-electron chi connectivity index (χ4n) is 2.07. The lowest BCUT2D eigenvalue weighted by Gasteiger charge is -2.40. The number of carbonyl (C=O) groups is 1. The monoisotopic (exact) mass is 198 g/mol. The second-order valence-corrected chi connectivity index (χ2v) is 4.69. The van der Waals surface area contributed by atoms with Crippen LogP contribution in [0, 0.1) is 5.92 Å². The van der Waals surface area contributed by atoms with Gasteiger partial charge >= 0.3 is 5.97 Å². The van der Waals surface area contributed by atoms with Crippen LogP contribution >= 0.6 is 0 Å². The molecule has 0 spiro atoms. The van der Waals surface area contributed by atoms with Crippen molar-refractivity contribution in [1.82, 2.24) is 0 Å². The Hall–Kier alpha value is -0.570. The Balaban J connectivity index is 1.70. The molecule has 0 heterocycles. The van der Waals surface area contributed by atoms with Crippen molar-refractivity contribution in [2.75, 3.05) is 6.61 Å². The molecule has 2 rings (SSSR count). The first-order valence-corrected chi connectivity index (χ1v) is 5.56. The van der Waals surface area contributed by atoms with Gasteiger partial charge in [-0.05, 0) is 31.6 Å². The molecule has 2 aliphatic rings. The van der Waals surface area contributed by atoms with E-state index in [1.807, 2.05) is 0 Å².